The van der Waals surface area contributed by atoms with Gasteiger partial charge in [0.2, 0.25) is 0 Å². The molecular formula is C30H47NO6S. The molecule has 214 valence electrons. The summed E-state index contributed by atoms with van der Waals surface area (Å²) in [6.07, 6.45) is 4.64. The Morgan fingerprint density at radius 2 is 1.16 bits per heavy atom. The Labute approximate surface area is 230 Å². The van der Waals surface area contributed by atoms with Gasteiger partial charge in [0.05, 0.1) is 35.0 Å². The zero-order valence-electron chi connectivity index (χ0n) is 24.4. The quantitative estimate of drug-likeness (QED) is 0.157. The van der Waals surface area contributed by atoms with Crippen LogP contribution in [0.1, 0.15) is 105 Å². The summed E-state index contributed by atoms with van der Waals surface area (Å²) in [6, 6.07) is 8.83. The SMILES string of the molecule is CCOC(=O)C(C)(C)CCCCCC(C#N)(CCCCC(C)(C)C(=O)OCC)S(=O)(=O)c1ccc(C)cc1. The summed E-state index contributed by atoms with van der Waals surface area (Å²) in [5.41, 5.74) is -0.341. The van der Waals surface area contributed by atoms with E-state index >= 15 is 0 Å². The molecule has 0 aliphatic rings. The van der Waals surface area contributed by atoms with E-state index in [9.17, 15) is 23.3 Å². The van der Waals surface area contributed by atoms with Crippen LogP contribution < -0.4 is 0 Å². The van der Waals surface area contributed by atoms with Gasteiger partial charge in [-0.05, 0) is 86.3 Å². The van der Waals surface area contributed by atoms with Crippen molar-refractivity contribution in [2.45, 2.75) is 116 Å². The Kier molecular flexibility index (Phi) is 13.0. The fraction of sp³-hybridized carbons (Fsp3) is 0.700. The van der Waals surface area contributed by atoms with Gasteiger partial charge in [0.1, 0.15) is 0 Å². The molecule has 0 aliphatic heterocycles. The minimum atomic E-state index is -3.93. The zero-order valence-corrected chi connectivity index (χ0v) is 25.2. The summed E-state index contributed by atoms with van der Waals surface area (Å²) < 4.78 is 36.4. The van der Waals surface area contributed by atoms with Crippen molar-refractivity contribution in [2.24, 2.45) is 10.8 Å². The van der Waals surface area contributed by atoms with E-state index in [2.05, 4.69) is 6.07 Å². The molecule has 0 saturated heterocycles. The van der Waals surface area contributed by atoms with Gasteiger partial charge in [-0.2, -0.15) is 5.26 Å². The average molecular weight is 550 g/mol. The van der Waals surface area contributed by atoms with Crippen LogP contribution in [0.15, 0.2) is 29.2 Å². The molecular weight excluding hydrogens is 502 g/mol. The number of carbonyl (C=O) groups excluding carboxylic acids is 2. The third-order valence-corrected chi connectivity index (χ3v) is 9.64. The van der Waals surface area contributed by atoms with E-state index < -0.39 is 25.4 Å². The fourth-order valence-electron chi connectivity index (χ4n) is 4.50. The van der Waals surface area contributed by atoms with Crippen molar-refractivity contribution in [2.75, 3.05) is 13.2 Å². The van der Waals surface area contributed by atoms with Gasteiger partial charge in [0, 0.05) is 0 Å². The Bertz CT molecular complexity index is 1050. The number of sulfone groups is 1. The fourth-order valence-corrected chi connectivity index (χ4v) is 6.39. The zero-order chi connectivity index (χ0) is 29.0. The molecule has 8 heteroatoms. The van der Waals surface area contributed by atoms with E-state index in [1.807, 2.05) is 34.6 Å². The molecule has 7 nitrogen and oxygen atoms in total. The van der Waals surface area contributed by atoms with Crippen LogP contribution in [-0.2, 0) is 28.9 Å². The lowest BCUT2D eigenvalue weighted by molar-refractivity contribution is -0.154. The minimum Gasteiger partial charge on any atom is -0.466 e. The topological polar surface area (TPSA) is 111 Å². The van der Waals surface area contributed by atoms with Crippen LogP contribution in [0.5, 0.6) is 0 Å². The third kappa shape index (κ3) is 9.11. The van der Waals surface area contributed by atoms with Gasteiger partial charge < -0.3 is 9.47 Å². The normalized spacial score (nSPS) is 13.8. The van der Waals surface area contributed by atoms with Crippen molar-refractivity contribution in [1.82, 2.24) is 0 Å². The molecule has 1 aromatic rings. The van der Waals surface area contributed by atoms with Crippen LogP contribution >= 0.6 is 0 Å². The van der Waals surface area contributed by atoms with Crippen molar-refractivity contribution in [3.05, 3.63) is 29.8 Å². The van der Waals surface area contributed by atoms with Crippen LogP contribution in [0.2, 0.25) is 0 Å². The number of rotatable bonds is 17. The van der Waals surface area contributed by atoms with E-state index in [4.69, 9.17) is 9.47 Å². The number of carbonyl (C=O) groups is 2. The summed E-state index contributed by atoms with van der Waals surface area (Å²) >= 11 is 0. The van der Waals surface area contributed by atoms with E-state index in [1.165, 1.54) is 0 Å². The molecule has 0 spiro atoms. The molecule has 1 unspecified atom stereocenters. The van der Waals surface area contributed by atoms with Gasteiger partial charge in [-0.3, -0.25) is 9.59 Å². The maximum absolute atomic E-state index is 13.8. The number of benzene rings is 1. The minimum absolute atomic E-state index is 0.153. The Hall–Kier alpha value is -2.40. The van der Waals surface area contributed by atoms with Crippen molar-refractivity contribution in [3.8, 4) is 6.07 Å². The molecule has 0 saturated carbocycles. The number of ether oxygens (including phenoxy) is 2. The summed E-state index contributed by atoms with van der Waals surface area (Å²) in [7, 11) is -3.93. The second kappa shape index (κ2) is 14.7. The van der Waals surface area contributed by atoms with Crippen LogP contribution in [-0.4, -0.2) is 38.3 Å². The maximum Gasteiger partial charge on any atom is 0.311 e. The van der Waals surface area contributed by atoms with E-state index in [0.29, 0.717) is 51.7 Å². The van der Waals surface area contributed by atoms with Gasteiger partial charge in [-0.15, -0.1) is 0 Å². The number of aryl methyl sites for hydroxylation is 1. The van der Waals surface area contributed by atoms with Crippen molar-refractivity contribution < 1.29 is 27.5 Å². The van der Waals surface area contributed by atoms with Crippen LogP contribution in [0.25, 0.3) is 0 Å². The molecule has 1 atom stereocenters. The third-order valence-electron chi connectivity index (χ3n) is 7.22. The average Bonchev–Trinajstić information content (AvgIpc) is 2.85. The van der Waals surface area contributed by atoms with Crippen molar-refractivity contribution >= 4 is 21.8 Å². The predicted molar refractivity (Wildman–Crippen MR) is 149 cm³/mol. The number of hydrogen-bond donors (Lipinski definition) is 0. The second-order valence-electron chi connectivity index (χ2n) is 11.4. The standard InChI is InChI=1S/C30H47NO6S/c1-8-36-26(32)28(4,5)19-11-10-12-21-30(23-31,38(34,35)25-17-15-24(3)16-18-25)22-14-13-20-29(6,7)27(33)37-9-2/h15-18H,8-14,19-22H2,1-7H3. The highest BCUT2D eigenvalue weighted by atomic mass is 32.2. The summed E-state index contributed by atoms with van der Waals surface area (Å²) in [4.78, 5) is 24.6. The Morgan fingerprint density at radius 3 is 1.58 bits per heavy atom. The first-order chi connectivity index (χ1) is 17.7. The molecule has 1 rings (SSSR count). The first-order valence-electron chi connectivity index (χ1n) is 13.8. The Morgan fingerprint density at radius 1 is 0.763 bits per heavy atom. The first-order valence-corrected chi connectivity index (χ1v) is 15.2. The predicted octanol–water partition coefficient (Wildman–Crippen LogP) is 6.72. The molecule has 0 amide bonds. The lowest BCUT2D eigenvalue weighted by atomic mass is 9.85. The van der Waals surface area contributed by atoms with Crippen molar-refractivity contribution in [1.29, 1.82) is 5.26 Å². The van der Waals surface area contributed by atoms with Crippen LogP contribution in [0.3, 0.4) is 0 Å². The monoisotopic (exact) mass is 549 g/mol. The van der Waals surface area contributed by atoms with Gasteiger partial charge >= 0.3 is 11.9 Å². The summed E-state index contributed by atoms with van der Waals surface area (Å²) in [6.45, 7) is 13.4. The highest BCUT2D eigenvalue weighted by Gasteiger charge is 2.44. The largest absolute Gasteiger partial charge is 0.466 e. The highest BCUT2D eigenvalue weighted by Crippen LogP contribution is 2.37. The number of unbranched alkanes of at least 4 members (excludes halogenated alkanes) is 3. The summed E-state index contributed by atoms with van der Waals surface area (Å²) in [5.74, 6) is -0.511. The highest BCUT2D eigenvalue weighted by molar-refractivity contribution is 7.93. The number of nitriles is 1. The first kappa shape index (κ1) is 33.6. The number of esters is 2. The van der Waals surface area contributed by atoms with Gasteiger partial charge in [0.25, 0.3) is 0 Å². The van der Waals surface area contributed by atoms with Gasteiger partial charge in [-0.25, -0.2) is 8.42 Å². The molecule has 38 heavy (non-hydrogen) atoms. The molecule has 0 radical (unpaired) electrons. The van der Waals surface area contributed by atoms with E-state index in [1.54, 1.807) is 38.1 Å². The van der Waals surface area contributed by atoms with Crippen LogP contribution in [0.4, 0.5) is 0 Å². The molecule has 0 fully saturated rings. The smallest absolute Gasteiger partial charge is 0.311 e. The Balaban J connectivity index is 3.00. The molecule has 0 aliphatic carbocycles. The lowest BCUT2D eigenvalue weighted by Gasteiger charge is -2.28. The summed E-state index contributed by atoms with van der Waals surface area (Å²) in [5, 5.41) is 10.3. The maximum atomic E-state index is 13.8. The van der Waals surface area contributed by atoms with E-state index in [-0.39, 0.29) is 29.7 Å². The van der Waals surface area contributed by atoms with Crippen molar-refractivity contribution in [3.63, 3.8) is 0 Å². The molecule has 0 aromatic heterocycles. The molecule has 1 aromatic carbocycles. The van der Waals surface area contributed by atoms with E-state index in [0.717, 1.165) is 12.0 Å². The number of hydrogen-bond acceptors (Lipinski definition) is 7. The van der Waals surface area contributed by atoms with Crippen LogP contribution in [0, 0.1) is 29.1 Å². The lowest BCUT2D eigenvalue weighted by Crippen LogP contribution is -2.37. The molecule has 0 N–H and O–H groups in total. The molecule has 0 bridgehead atoms. The van der Waals surface area contributed by atoms with Gasteiger partial charge in [-0.1, -0.05) is 49.8 Å². The number of nitrogens with zero attached hydrogens (tertiary/aromatic N) is 1. The second-order valence-corrected chi connectivity index (χ2v) is 13.7. The van der Waals surface area contributed by atoms with Gasteiger partial charge in [0.15, 0.2) is 14.6 Å². The molecule has 0 heterocycles.